The Morgan fingerprint density at radius 1 is 1.39 bits per heavy atom. The first kappa shape index (κ1) is 14.3. The molecule has 1 amide bonds. The Kier molecular flexibility index (Phi) is 5.45. The van der Waals surface area contributed by atoms with Gasteiger partial charge in [-0.05, 0) is 18.1 Å². The third-order valence-corrected chi connectivity index (χ3v) is 2.24. The number of phenols is 2. The van der Waals surface area contributed by atoms with E-state index in [0.29, 0.717) is 25.7 Å². The number of ether oxygens (including phenoxy) is 1. The molecular weight excluding hydrogens is 234 g/mol. The van der Waals surface area contributed by atoms with Gasteiger partial charge in [0.25, 0.3) is 5.91 Å². The highest BCUT2D eigenvalue weighted by Gasteiger charge is 2.12. The van der Waals surface area contributed by atoms with E-state index in [4.69, 9.17) is 4.74 Å². The van der Waals surface area contributed by atoms with Crippen molar-refractivity contribution in [1.29, 1.82) is 0 Å². The second kappa shape index (κ2) is 6.86. The van der Waals surface area contributed by atoms with Gasteiger partial charge in [-0.3, -0.25) is 4.79 Å². The van der Waals surface area contributed by atoms with Gasteiger partial charge in [0.2, 0.25) is 0 Å². The summed E-state index contributed by atoms with van der Waals surface area (Å²) in [5.41, 5.74) is 0.0545. The largest absolute Gasteiger partial charge is 0.504 e. The van der Waals surface area contributed by atoms with Gasteiger partial charge in [0.1, 0.15) is 0 Å². The summed E-state index contributed by atoms with van der Waals surface area (Å²) >= 11 is 0. The lowest BCUT2D eigenvalue weighted by molar-refractivity contribution is 0.0883. The van der Waals surface area contributed by atoms with Crippen LogP contribution in [0.4, 0.5) is 0 Å². The van der Waals surface area contributed by atoms with Crippen molar-refractivity contribution in [1.82, 2.24) is 5.32 Å². The van der Waals surface area contributed by atoms with E-state index in [-0.39, 0.29) is 11.3 Å². The zero-order valence-corrected chi connectivity index (χ0v) is 10.6. The lowest BCUT2D eigenvalue weighted by atomic mass is 10.1. The maximum Gasteiger partial charge on any atom is 0.255 e. The van der Waals surface area contributed by atoms with Gasteiger partial charge in [-0.15, -0.1) is 0 Å². The van der Waals surface area contributed by atoms with Gasteiger partial charge < -0.3 is 20.3 Å². The van der Waals surface area contributed by atoms with Crippen LogP contribution >= 0.6 is 0 Å². The molecule has 1 aromatic carbocycles. The molecule has 1 rings (SSSR count). The number of phenolic OH excluding ortho intramolecular Hbond substituents is 2. The summed E-state index contributed by atoms with van der Waals surface area (Å²) in [4.78, 5) is 11.7. The molecule has 0 fully saturated rings. The van der Waals surface area contributed by atoms with Crippen LogP contribution < -0.4 is 5.32 Å². The van der Waals surface area contributed by atoms with Crippen LogP contribution in [0.3, 0.4) is 0 Å². The quantitative estimate of drug-likeness (QED) is 0.530. The molecule has 0 aliphatic carbocycles. The zero-order valence-electron chi connectivity index (χ0n) is 10.6. The lowest BCUT2D eigenvalue weighted by Crippen LogP contribution is -2.27. The molecule has 100 valence electrons. The van der Waals surface area contributed by atoms with E-state index in [2.05, 4.69) is 5.32 Å². The third kappa shape index (κ3) is 4.25. The smallest absolute Gasteiger partial charge is 0.255 e. The second-order valence-corrected chi connectivity index (χ2v) is 4.40. The fourth-order valence-electron chi connectivity index (χ4n) is 1.37. The van der Waals surface area contributed by atoms with Crippen LogP contribution in [0.15, 0.2) is 18.2 Å². The number of carbonyl (C=O) groups excluding carboxylic acids is 1. The Balaban J connectivity index is 2.39. The number of hydrogen-bond acceptors (Lipinski definition) is 4. The van der Waals surface area contributed by atoms with E-state index >= 15 is 0 Å². The molecule has 0 radical (unpaired) electrons. The summed E-state index contributed by atoms with van der Waals surface area (Å²) in [7, 11) is 0. The van der Waals surface area contributed by atoms with Gasteiger partial charge in [-0.2, -0.15) is 0 Å². The maximum absolute atomic E-state index is 11.7. The molecule has 18 heavy (non-hydrogen) atoms. The number of amides is 1. The van der Waals surface area contributed by atoms with Gasteiger partial charge in [0.15, 0.2) is 11.5 Å². The van der Waals surface area contributed by atoms with E-state index in [9.17, 15) is 15.0 Å². The van der Waals surface area contributed by atoms with Crippen LogP contribution in [0.1, 0.15) is 24.2 Å². The molecule has 0 aliphatic rings. The summed E-state index contributed by atoms with van der Waals surface area (Å²) in [6, 6.07) is 4.26. The van der Waals surface area contributed by atoms with Gasteiger partial charge in [-0.1, -0.05) is 19.9 Å². The fraction of sp³-hybridized carbons (Fsp3) is 0.462. The first-order valence-electron chi connectivity index (χ1n) is 5.89. The van der Waals surface area contributed by atoms with Crippen LogP contribution in [0.25, 0.3) is 0 Å². The lowest BCUT2D eigenvalue weighted by Gasteiger charge is -2.09. The third-order valence-electron chi connectivity index (χ3n) is 2.24. The van der Waals surface area contributed by atoms with E-state index in [1.165, 1.54) is 18.2 Å². The van der Waals surface area contributed by atoms with Crippen LogP contribution in [0.5, 0.6) is 11.5 Å². The van der Waals surface area contributed by atoms with Crippen molar-refractivity contribution in [2.45, 2.75) is 13.8 Å². The molecular formula is C13H19NO4. The number of carbonyl (C=O) groups is 1. The van der Waals surface area contributed by atoms with Crippen molar-refractivity contribution in [2.75, 3.05) is 19.8 Å². The first-order chi connectivity index (χ1) is 8.52. The minimum Gasteiger partial charge on any atom is -0.504 e. The van der Waals surface area contributed by atoms with Crippen LogP contribution in [0, 0.1) is 5.92 Å². The molecule has 0 aliphatic heterocycles. The second-order valence-electron chi connectivity index (χ2n) is 4.40. The Morgan fingerprint density at radius 2 is 2.11 bits per heavy atom. The van der Waals surface area contributed by atoms with Crippen molar-refractivity contribution >= 4 is 5.91 Å². The van der Waals surface area contributed by atoms with Crippen molar-refractivity contribution in [2.24, 2.45) is 5.92 Å². The average Bonchev–Trinajstić information content (AvgIpc) is 2.31. The number of rotatable bonds is 6. The summed E-state index contributed by atoms with van der Waals surface area (Å²) < 4.78 is 5.31. The standard InChI is InChI=1S/C13H19NO4/c1-9(2)8-18-7-6-14-13(17)10-4-3-5-11(15)12(10)16/h3-5,9,15-16H,6-8H2,1-2H3,(H,14,17). The summed E-state index contributed by atoms with van der Waals surface area (Å²) in [6.07, 6.45) is 0. The topological polar surface area (TPSA) is 78.8 Å². The number of benzene rings is 1. The summed E-state index contributed by atoms with van der Waals surface area (Å²) in [5.74, 6) is -0.691. The Labute approximate surface area is 106 Å². The summed E-state index contributed by atoms with van der Waals surface area (Å²) in [5, 5.41) is 21.4. The molecule has 5 nitrogen and oxygen atoms in total. The van der Waals surface area contributed by atoms with E-state index in [1.54, 1.807) is 0 Å². The van der Waals surface area contributed by atoms with Crippen LogP contribution in [-0.4, -0.2) is 35.9 Å². The molecule has 0 atom stereocenters. The molecule has 0 saturated heterocycles. The molecule has 0 heterocycles. The van der Waals surface area contributed by atoms with Crippen molar-refractivity contribution < 1.29 is 19.7 Å². The predicted octanol–water partition coefficient (Wildman–Crippen LogP) is 1.50. The van der Waals surface area contributed by atoms with Gasteiger partial charge >= 0.3 is 0 Å². The normalized spacial score (nSPS) is 10.6. The molecule has 0 bridgehead atoms. The number of aromatic hydroxyl groups is 2. The number of nitrogens with one attached hydrogen (secondary N) is 1. The molecule has 0 saturated carbocycles. The molecule has 5 heteroatoms. The molecule has 0 spiro atoms. The number of hydrogen-bond donors (Lipinski definition) is 3. The number of para-hydroxylation sites is 1. The minimum atomic E-state index is -0.434. The van der Waals surface area contributed by atoms with Crippen LogP contribution in [-0.2, 0) is 4.74 Å². The average molecular weight is 253 g/mol. The molecule has 0 unspecified atom stereocenters. The van der Waals surface area contributed by atoms with E-state index < -0.39 is 11.7 Å². The highest BCUT2D eigenvalue weighted by molar-refractivity contribution is 5.97. The fourth-order valence-corrected chi connectivity index (χ4v) is 1.37. The van der Waals surface area contributed by atoms with Crippen molar-refractivity contribution in [3.05, 3.63) is 23.8 Å². The van der Waals surface area contributed by atoms with Crippen molar-refractivity contribution in [3.63, 3.8) is 0 Å². The molecule has 0 aromatic heterocycles. The minimum absolute atomic E-state index is 0.0545. The Hall–Kier alpha value is -1.75. The first-order valence-corrected chi connectivity index (χ1v) is 5.89. The SMILES string of the molecule is CC(C)COCCNC(=O)c1cccc(O)c1O. The molecule has 1 aromatic rings. The highest BCUT2D eigenvalue weighted by Crippen LogP contribution is 2.27. The Bertz CT molecular complexity index is 404. The zero-order chi connectivity index (χ0) is 13.5. The predicted molar refractivity (Wildman–Crippen MR) is 67.8 cm³/mol. The van der Waals surface area contributed by atoms with Crippen LogP contribution in [0.2, 0.25) is 0 Å². The molecule has 3 N–H and O–H groups in total. The van der Waals surface area contributed by atoms with Gasteiger partial charge in [-0.25, -0.2) is 0 Å². The van der Waals surface area contributed by atoms with E-state index in [0.717, 1.165) is 0 Å². The van der Waals surface area contributed by atoms with Gasteiger partial charge in [0.05, 0.1) is 12.2 Å². The maximum atomic E-state index is 11.7. The van der Waals surface area contributed by atoms with E-state index in [1.807, 2.05) is 13.8 Å². The van der Waals surface area contributed by atoms with Gasteiger partial charge in [0, 0.05) is 13.2 Å². The monoisotopic (exact) mass is 253 g/mol. The summed E-state index contributed by atoms with van der Waals surface area (Å²) in [6.45, 7) is 5.52. The highest BCUT2D eigenvalue weighted by atomic mass is 16.5. The Morgan fingerprint density at radius 3 is 2.78 bits per heavy atom. The van der Waals surface area contributed by atoms with Crippen molar-refractivity contribution in [3.8, 4) is 11.5 Å².